The monoisotopic (exact) mass is 255 g/mol. The van der Waals surface area contributed by atoms with Crippen LogP contribution in [0.3, 0.4) is 0 Å². The molecule has 0 aromatic rings. The van der Waals surface area contributed by atoms with Gasteiger partial charge in [0.1, 0.15) is 0 Å². The molecule has 0 saturated heterocycles. The summed E-state index contributed by atoms with van der Waals surface area (Å²) in [4.78, 5) is 25.0. The number of rotatable bonds is 6. The smallest absolute Gasteiger partial charge is 0.307 e. The van der Waals surface area contributed by atoms with Gasteiger partial charge in [-0.3, -0.25) is 9.59 Å². The Hall–Kier alpha value is -1.36. The number of carboxylic acid groups (broad SMARTS) is 1. The van der Waals surface area contributed by atoms with Gasteiger partial charge in [-0.15, -0.1) is 0 Å². The van der Waals surface area contributed by atoms with Crippen LogP contribution in [0, 0.1) is 11.8 Å². The summed E-state index contributed by atoms with van der Waals surface area (Å²) in [5, 5.41) is 18.1. The average Bonchev–Trinajstić information content (AvgIpc) is 2.37. The van der Waals surface area contributed by atoms with E-state index in [-0.39, 0.29) is 19.1 Å². The lowest BCUT2D eigenvalue weighted by Crippen LogP contribution is -2.43. The SMILES string of the molecule is CCCN(CCO)C(=O)C1CC=CCC1C(=O)O. The summed E-state index contributed by atoms with van der Waals surface area (Å²) < 4.78 is 0. The minimum Gasteiger partial charge on any atom is -0.481 e. The second-order valence-electron chi connectivity index (χ2n) is 4.54. The fourth-order valence-corrected chi connectivity index (χ4v) is 2.32. The number of nitrogens with zero attached hydrogens (tertiary/aromatic N) is 1. The maximum Gasteiger partial charge on any atom is 0.307 e. The molecular formula is C13H21NO4. The largest absolute Gasteiger partial charge is 0.481 e. The van der Waals surface area contributed by atoms with Crippen LogP contribution in [0.15, 0.2) is 12.2 Å². The van der Waals surface area contributed by atoms with Gasteiger partial charge in [0.05, 0.1) is 18.4 Å². The van der Waals surface area contributed by atoms with Crippen LogP contribution in [-0.4, -0.2) is 46.7 Å². The van der Waals surface area contributed by atoms with E-state index in [1.807, 2.05) is 19.1 Å². The van der Waals surface area contributed by atoms with Crippen LogP contribution in [-0.2, 0) is 9.59 Å². The summed E-state index contributed by atoms with van der Waals surface area (Å²) in [6, 6.07) is 0. The highest BCUT2D eigenvalue weighted by molar-refractivity contribution is 5.85. The van der Waals surface area contributed by atoms with Crippen molar-refractivity contribution >= 4 is 11.9 Å². The third kappa shape index (κ3) is 3.57. The normalized spacial score (nSPS) is 22.8. The van der Waals surface area contributed by atoms with Gasteiger partial charge in [0.25, 0.3) is 0 Å². The van der Waals surface area contributed by atoms with Crippen LogP contribution < -0.4 is 0 Å². The zero-order chi connectivity index (χ0) is 13.5. The quantitative estimate of drug-likeness (QED) is 0.691. The van der Waals surface area contributed by atoms with Crippen molar-refractivity contribution in [3.8, 4) is 0 Å². The molecule has 0 fully saturated rings. The first kappa shape index (κ1) is 14.7. The van der Waals surface area contributed by atoms with E-state index in [1.165, 1.54) is 0 Å². The maximum absolute atomic E-state index is 12.3. The van der Waals surface area contributed by atoms with Crippen molar-refractivity contribution in [1.29, 1.82) is 0 Å². The van der Waals surface area contributed by atoms with Crippen molar-refractivity contribution in [3.05, 3.63) is 12.2 Å². The molecule has 1 rings (SSSR count). The van der Waals surface area contributed by atoms with E-state index in [1.54, 1.807) is 4.90 Å². The summed E-state index contributed by atoms with van der Waals surface area (Å²) in [6.45, 7) is 2.70. The number of carbonyl (C=O) groups is 2. The van der Waals surface area contributed by atoms with E-state index in [4.69, 9.17) is 10.2 Å². The van der Waals surface area contributed by atoms with Gasteiger partial charge < -0.3 is 15.1 Å². The van der Waals surface area contributed by atoms with Gasteiger partial charge >= 0.3 is 5.97 Å². The van der Waals surface area contributed by atoms with Crippen molar-refractivity contribution in [1.82, 2.24) is 4.90 Å². The number of hydrogen-bond acceptors (Lipinski definition) is 3. The average molecular weight is 255 g/mol. The number of hydrogen-bond donors (Lipinski definition) is 2. The number of carboxylic acids is 1. The first-order valence-corrected chi connectivity index (χ1v) is 6.39. The van der Waals surface area contributed by atoms with Crippen molar-refractivity contribution in [2.24, 2.45) is 11.8 Å². The van der Waals surface area contributed by atoms with E-state index in [9.17, 15) is 9.59 Å². The molecular weight excluding hydrogens is 234 g/mol. The fourth-order valence-electron chi connectivity index (χ4n) is 2.32. The van der Waals surface area contributed by atoms with Gasteiger partial charge in [-0.2, -0.15) is 0 Å². The summed E-state index contributed by atoms with van der Waals surface area (Å²) in [7, 11) is 0. The third-order valence-electron chi connectivity index (χ3n) is 3.24. The number of allylic oxidation sites excluding steroid dienone is 2. The highest BCUT2D eigenvalue weighted by Gasteiger charge is 2.35. The predicted molar refractivity (Wildman–Crippen MR) is 66.9 cm³/mol. The zero-order valence-corrected chi connectivity index (χ0v) is 10.7. The van der Waals surface area contributed by atoms with Gasteiger partial charge in [-0.1, -0.05) is 19.1 Å². The Bertz CT molecular complexity index is 321. The molecule has 2 atom stereocenters. The Labute approximate surface area is 107 Å². The molecule has 0 aromatic heterocycles. The lowest BCUT2D eigenvalue weighted by atomic mass is 9.82. The molecule has 0 heterocycles. The van der Waals surface area contributed by atoms with Gasteiger partial charge in [0.15, 0.2) is 0 Å². The standard InChI is InChI=1S/C13H21NO4/c1-2-7-14(8-9-15)12(16)10-5-3-4-6-11(10)13(17)18/h3-4,10-11,15H,2,5-9H2,1H3,(H,17,18). The van der Waals surface area contributed by atoms with Crippen LogP contribution in [0.1, 0.15) is 26.2 Å². The summed E-state index contributed by atoms with van der Waals surface area (Å²) in [5.41, 5.74) is 0. The molecule has 102 valence electrons. The van der Waals surface area contributed by atoms with E-state index < -0.39 is 17.8 Å². The van der Waals surface area contributed by atoms with Crippen molar-refractivity contribution in [2.45, 2.75) is 26.2 Å². The maximum atomic E-state index is 12.3. The number of amides is 1. The van der Waals surface area contributed by atoms with Crippen molar-refractivity contribution in [2.75, 3.05) is 19.7 Å². The van der Waals surface area contributed by atoms with Crippen LogP contribution in [0.5, 0.6) is 0 Å². The summed E-state index contributed by atoms with van der Waals surface area (Å²) >= 11 is 0. The van der Waals surface area contributed by atoms with Crippen LogP contribution >= 0.6 is 0 Å². The molecule has 0 aromatic carbocycles. The number of aliphatic hydroxyl groups is 1. The molecule has 0 saturated carbocycles. The van der Waals surface area contributed by atoms with E-state index in [2.05, 4.69) is 0 Å². The molecule has 1 amide bonds. The fraction of sp³-hybridized carbons (Fsp3) is 0.692. The molecule has 2 unspecified atom stereocenters. The van der Waals surface area contributed by atoms with Gasteiger partial charge in [-0.05, 0) is 19.3 Å². The molecule has 1 aliphatic rings. The first-order valence-electron chi connectivity index (χ1n) is 6.39. The van der Waals surface area contributed by atoms with E-state index in [0.29, 0.717) is 19.4 Å². The second-order valence-corrected chi connectivity index (χ2v) is 4.54. The first-order chi connectivity index (χ1) is 8.61. The Morgan fingerprint density at radius 2 is 1.83 bits per heavy atom. The Balaban J connectivity index is 2.78. The predicted octanol–water partition coefficient (Wildman–Crippen LogP) is 0.884. The Kier molecular flexibility index (Phi) is 5.85. The topological polar surface area (TPSA) is 77.8 Å². The second kappa shape index (κ2) is 7.16. The number of carbonyl (C=O) groups excluding carboxylic acids is 1. The molecule has 0 aliphatic heterocycles. The lowest BCUT2D eigenvalue weighted by Gasteiger charge is -2.30. The molecule has 0 bridgehead atoms. The van der Waals surface area contributed by atoms with Crippen molar-refractivity contribution < 1.29 is 19.8 Å². The molecule has 0 spiro atoms. The van der Waals surface area contributed by atoms with Crippen LogP contribution in [0.25, 0.3) is 0 Å². The number of aliphatic hydroxyl groups excluding tert-OH is 1. The Morgan fingerprint density at radius 1 is 1.22 bits per heavy atom. The molecule has 2 N–H and O–H groups in total. The van der Waals surface area contributed by atoms with Gasteiger partial charge in [-0.25, -0.2) is 0 Å². The van der Waals surface area contributed by atoms with E-state index >= 15 is 0 Å². The molecule has 18 heavy (non-hydrogen) atoms. The Morgan fingerprint density at radius 3 is 2.33 bits per heavy atom. The summed E-state index contributed by atoms with van der Waals surface area (Å²) in [5.74, 6) is -2.20. The minimum absolute atomic E-state index is 0.0912. The van der Waals surface area contributed by atoms with E-state index in [0.717, 1.165) is 6.42 Å². The zero-order valence-electron chi connectivity index (χ0n) is 10.7. The lowest BCUT2D eigenvalue weighted by molar-refractivity contribution is -0.150. The third-order valence-corrected chi connectivity index (χ3v) is 3.24. The molecule has 5 nitrogen and oxygen atoms in total. The van der Waals surface area contributed by atoms with Crippen LogP contribution in [0.4, 0.5) is 0 Å². The van der Waals surface area contributed by atoms with Crippen LogP contribution in [0.2, 0.25) is 0 Å². The summed E-state index contributed by atoms with van der Waals surface area (Å²) in [6.07, 6.45) is 5.36. The van der Waals surface area contributed by atoms with Crippen molar-refractivity contribution in [3.63, 3.8) is 0 Å². The van der Waals surface area contributed by atoms with Gasteiger partial charge in [0.2, 0.25) is 5.91 Å². The molecule has 5 heteroatoms. The number of aliphatic carboxylic acids is 1. The molecule has 1 aliphatic carbocycles. The van der Waals surface area contributed by atoms with Gasteiger partial charge in [0, 0.05) is 13.1 Å². The highest BCUT2D eigenvalue weighted by Crippen LogP contribution is 2.27. The minimum atomic E-state index is -0.918. The molecule has 0 radical (unpaired) electrons. The highest BCUT2D eigenvalue weighted by atomic mass is 16.4.